The molecule has 0 aliphatic heterocycles. The summed E-state index contributed by atoms with van der Waals surface area (Å²) in [6, 6.07) is 15.1. The molecule has 1 unspecified atom stereocenters. The number of hydrogen-bond acceptors (Lipinski definition) is 1. The Balaban J connectivity index is 2.53. The average Bonchev–Trinajstić information content (AvgIpc) is 2.44. The van der Waals surface area contributed by atoms with Crippen molar-refractivity contribution in [2.75, 3.05) is 7.05 Å². The van der Waals surface area contributed by atoms with Crippen molar-refractivity contribution < 1.29 is 0 Å². The van der Waals surface area contributed by atoms with Crippen LogP contribution in [0.5, 0.6) is 0 Å². The highest BCUT2D eigenvalue weighted by atomic mass is 79.9. The highest BCUT2D eigenvalue weighted by Crippen LogP contribution is 2.32. The van der Waals surface area contributed by atoms with Gasteiger partial charge in [0.1, 0.15) is 0 Å². The number of halogens is 2. The first-order valence-corrected chi connectivity index (χ1v) is 7.96. The molecule has 0 spiro atoms. The maximum Gasteiger partial charge on any atom is 0.0588 e. The first-order valence-electron chi connectivity index (χ1n) is 6.37. The zero-order chi connectivity index (χ0) is 13.8. The molecule has 1 nitrogen and oxygen atoms in total. The molecule has 0 aromatic heterocycles. The Hall–Kier alpha value is -0.640. The lowest BCUT2D eigenvalue weighted by Crippen LogP contribution is -2.19. The molecule has 0 saturated carbocycles. The summed E-state index contributed by atoms with van der Waals surface area (Å²) >= 11 is 7.21. The molecule has 0 radical (unpaired) electrons. The van der Waals surface area contributed by atoms with E-state index < -0.39 is 0 Å². The molecule has 3 heteroatoms. The topological polar surface area (TPSA) is 12.0 Å². The Morgan fingerprint density at radius 3 is 2.47 bits per heavy atom. The monoisotopic (exact) mass is 381 g/mol. The summed E-state index contributed by atoms with van der Waals surface area (Å²) in [4.78, 5) is 0. The molecule has 2 aromatic rings. The third kappa shape index (κ3) is 3.28. The molecule has 0 bridgehead atoms. The van der Waals surface area contributed by atoms with Crippen LogP contribution in [0.3, 0.4) is 0 Å². The van der Waals surface area contributed by atoms with Gasteiger partial charge in [-0.15, -0.1) is 0 Å². The summed E-state index contributed by atoms with van der Waals surface area (Å²) in [5.41, 5.74) is 3.97. The zero-order valence-corrected chi connectivity index (χ0v) is 14.3. The van der Waals surface area contributed by atoms with Crippen LogP contribution in [0.15, 0.2) is 51.4 Å². The number of nitrogens with one attached hydrogen (secondary N) is 1. The summed E-state index contributed by atoms with van der Waals surface area (Å²) < 4.78 is 2.22. The van der Waals surface area contributed by atoms with E-state index in [-0.39, 0.29) is 6.04 Å². The van der Waals surface area contributed by atoms with Gasteiger partial charge in [-0.25, -0.2) is 0 Å². The molecule has 0 aliphatic rings. The van der Waals surface area contributed by atoms with Gasteiger partial charge in [-0.1, -0.05) is 63.0 Å². The average molecular weight is 383 g/mol. The minimum absolute atomic E-state index is 0.197. The number of aryl methyl sites for hydroxylation is 1. The minimum Gasteiger partial charge on any atom is -0.309 e. The molecule has 0 aliphatic carbocycles. The first-order chi connectivity index (χ1) is 9.17. The van der Waals surface area contributed by atoms with Crippen LogP contribution in [-0.2, 0) is 6.42 Å². The van der Waals surface area contributed by atoms with Crippen LogP contribution in [-0.4, -0.2) is 7.05 Å². The normalized spacial score (nSPS) is 12.4. The largest absolute Gasteiger partial charge is 0.309 e. The minimum atomic E-state index is 0.197. The van der Waals surface area contributed by atoms with Crippen molar-refractivity contribution in [2.24, 2.45) is 0 Å². The molecule has 100 valence electrons. The zero-order valence-electron chi connectivity index (χ0n) is 11.1. The van der Waals surface area contributed by atoms with Crippen molar-refractivity contribution in [3.8, 4) is 0 Å². The van der Waals surface area contributed by atoms with Gasteiger partial charge >= 0.3 is 0 Å². The Morgan fingerprint density at radius 2 is 1.79 bits per heavy atom. The highest BCUT2D eigenvalue weighted by molar-refractivity contribution is 9.11. The maximum absolute atomic E-state index is 3.65. The van der Waals surface area contributed by atoms with Gasteiger partial charge in [0.25, 0.3) is 0 Å². The second kappa shape index (κ2) is 6.69. The predicted molar refractivity (Wildman–Crippen MR) is 88.6 cm³/mol. The van der Waals surface area contributed by atoms with Crippen LogP contribution in [0.1, 0.15) is 29.7 Å². The summed E-state index contributed by atoms with van der Waals surface area (Å²) in [5.74, 6) is 0. The van der Waals surface area contributed by atoms with E-state index in [0.29, 0.717) is 0 Å². The van der Waals surface area contributed by atoms with Gasteiger partial charge in [-0.2, -0.15) is 0 Å². The Bertz CT molecular complexity index is 566. The van der Waals surface area contributed by atoms with Gasteiger partial charge in [0.2, 0.25) is 0 Å². The summed E-state index contributed by atoms with van der Waals surface area (Å²) in [5, 5.41) is 3.43. The fourth-order valence-electron chi connectivity index (χ4n) is 2.35. The second-order valence-electron chi connectivity index (χ2n) is 4.44. The van der Waals surface area contributed by atoms with Crippen molar-refractivity contribution in [1.29, 1.82) is 0 Å². The van der Waals surface area contributed by atoms with Crippen LogP contribution >= 0.6 is 31.9 Å². The van der Waals surface area contributed by atoms with E-state index in [1.165, 1.54) is 16.7 Å². The van der Waals surface area contributed by atoms with Gasteiger partial charge in [0.15, 0.2) is 0 Å². The van der Waals surface area contributed by atoms with Gasteiger partial charge in [0, 0.05) is 8.95 Å². The van der Waals surface area contributed by atoms with Crippen LogP contribution in [0.25, 0.3) is 0 Å². The van der Waals surface area contributed by atoms with Gasteiger partial charge < -0.3 is 5.32 Å². The SMILES string of the molecule is CCc1ccccc1C(NC)c1cc(Br)ccc1Br. The summed E-state index contributed by atoms with van der Waals surface area (Å²) in [6.45, 7) is 2.20. The van der Waals surface area contributed by atoms with Gasteiger partial charge in [-0.05, 0) is 48.4 Å². The van der Waals surface area contributed by atoms with Crippen LogP contribution in [0.4, 0.5) is 0 Å². The Kier molecular flexibility index (Phi) is 5.20. The lowest BCUT2D eigenvalue weighted by molar-refractivity contribution is 0.681. The smallest absolute Gasteiger partial charge is 0.0588 e. The lowest BCUT2D eigenvalue weighted by atomic mass is 9.93. The third-order valence-corrected chi connectivity index (χ3v) is 4.52. The maximum atomic E-state index is 3.65. The molecule has 1 N–H and O–H groups in total. The molecule has 1 atom stereocenters. The lowest BCUT2D eigenvalue weighted by Gasteiger charge is -2.21. The molecular weight excluding hydrogens is 366 g/mol. The quantitative estimate of drug-likeness (QED) is 0.777. The van der Waals surface area contributed by atoms with Crippen LogP contribution in [0.2, 0.25) is 0 Å². The van der Waals surface area contributed by atoms with Gasteiger partial charge in [-0.3, -0.25) is 0 Å². The van der Waals surface area contributed by atoms with Crippen LogP contribution < -0.4 is 5.32 Å². The van der Waals surface area contributed by atoms with Crippen molar-refractivity contribution in [1.82, 2.24) is 5.32 Å². The van der Waals surface area contributed by atoms with E-state index in [0.717, 1.165) is 15.4 Å². The predicted octanol–water partition coefficient (Wildman–Crippen LogP) is 5.08. The summed E-state index contributed by atoms with van der Waals surface area (Å²) in [6.07, 6.45) is 1.04. The van der Waals surface area contributed by atoms with Crippen LogP contribution in [0, 0.1) is 0 Å². The third-order valence-electron chi connectivity index (χ3n) is 3.30. The number of rotatable bonds is 4. The van der Waals surface area contributed by atoms with Crippen molar-refractivity contribution >= 4 is 31.9 Å². The van der Waals surface area contributed by atoms with E-state index in [2.05, 4.69) is 80.5 Å². The molecule has 0 fully saturated rings. The molecule has 0 heterocycles. The molecule has 0 saturated heterocycles. The fourth-order valence-corrected chi connectivity index (χ4v) is 3.21. The van der Waals surface area contributed by atoms with Crippen molar-refractivity contribution in [3.05, 3.63) is 68.1 Å². The Labute approximate surface area is 131 Å². The number of hydrogen-bond donors (Lipinski definition) is 1. The van der Waals surface area contributed by atoms with E-state index >= 15 is 0 Å². The molecular formula is C16H17Br2N. The summed E-state index contributed by atoms with van der Waals surface area (Å²) in [7, 11) is 2.00. The van der Waals surface area contributed by atoms with E-state index in [9.17, 15) is 0 Å². The van der Waals surface area contributed by atoms with E-state index in [1.807, 2.05) is 13.1 Å². The van der Waals surface area contributed by atoms with Crippen molar-refractivity contribution in [3.63, 3.8) is 0 Å². The highest BCUT2D eigenvalue weighted by Gasteiger charge is 2.17. The molecule has 2 rings (SSSR count). The van der Waals surface area contributed by atoms with Crippen molar-refractivity contribution in [2.45, 2.75) is 19.4 Å². The second-order valence-corrected chi connectivity index (χ2v) is 6.21. The van der Waals surface area contributed by atoms with E-state index in [4.69, 9.17) is 0 Å². The fraction of sp³-hybridized carbons (Fsp3) is 0.250. The molecule has 0 amide bonds. The first kappa shape index (κ1) is 14.8. The van der Waals surface area contributed by atoms with Gasteiger partial charge in [0.05, 0.1) is 6.04 Å². The molecule has 2 aromatic carbocycles. The molecule has 19 heavy (non-hydrogen) atoms. The number of benzene rings is 2. The Morgan fingerprint density at radius 1 is 1.05 bits per heavy atom. The standard InChI is InChI=1S/C16H17Br2N/c1-3-11-6-4-5-7-13(11)16(19-2)14-10-12(17)8-9-15(14)18/h4-10,16,19H,3H2,1-2H3. The van der Waals surface area contributed by atoms with E-state index in [1.54, 1.807) is 0 Å².